The summed E-state index contributed by atoms with van der Waals surface area (Å²) >= 11 is 0. The van der Waals surface area contributed by atoms with Crippen LogP contribution < -0.4 is 0 Å². The van der Waals surface area contributed by atoms with Gasteiger partial charge in [0.05, 0.1) is 22.8 Å². The van der Waals surface area contributed by atoms with Gasteiger partial charge in [-0.25, -0.2) is 4.79 Å². The van der Waals surface area contributed by atoms with E-state index < -0.39 is 29.4 Å². The lowest BCUT2D eigenvalue weighted by Gasteiger charge is -2.28. The normalized spacial score (nSPS) is 13.1. The van der Waals surface area contributed by atoms with Crippen molar-refractivity contribution >= 4 is 16.7 Å². The zero-order chi connectivity index (χ0) is 23.8. The van der Waals surface area contributed by atoms with Gasteiger partial charge in [-0.3, -0.25) is 0 Å². The number of nitriles is 1. The number of aryl methyl sites for hydroxylation is 1. The Hall–Kier alpha value is -3.37. The van der Waals surface area contributed by atoms with Crippen LogP contribution in [-0.4, -0.2) is 16.7 Å². The van der Waals surface area contributed by atoms with Gasteiger partial charge in [-0.1, -0.05) is 36.4 Å². The smallest absolute Gasteiger partial charge is 0.416 e. The Labute approximate surface area is 183 Å². The Morgan fingerprint density at radius 2 is 1.75 bits per heavy atom. The second-order valence-corrected chi connectivity index (χ2v) is 8.52. The van der Waals surface area contributed by atoms with Gasteiger partial charge in [-0.2, -0.15) is 18.4 Å². The van der Waals surface area contributed by atoms with Crippen LogP contribution in [0.3, 0.4) is 0 Å². The standard InChI is InChI=1S/C25H22F3NO3/c1-14-11-15-7-5-6-8-18(15)21(20(14)22(23(30)31)32-24(2,3)4)19-10-9-17(25(26,27)28)12-16(19)13-29/h5-12,22H,1-4H3,(H,30,31). The number of hydrogen-bond acceptors (Lipinski definition) is 3. The van der Waals surface area contributed by atoms with E-state index in [1.165, 1.54) is 6.07 Å². The molecule has 0 aliphatic rings. The van der Waals surface area contributed by atoms with Crippen LogP contribution in [0.15, 0.2) is 48.5 Å². The van der Waals surface area contributed by atoms with E-state index in [1.807, 2.05) is 24.3 Å². The Morgan fingerprint density at radius 3 is 2.31 bits per heavy atom. The molecule has 0 spiro atoms. The molecular formula is C25H22F3NO3. The van der Waals surface area contributed by atoms with Crippen LogP contribution in [0.2, 0.25) is 0 Å². The summed E-state index contributed by atoms with van der Waals surface area (Å²) in [7, 11) is 0. The number of aliphatic carboxylic acids is 1. The van der Waals surface area contributed by atoms with Crippen molar-refractivity contribution in [1.29, 1.82) is 5.26 Å². The molecule has 166 valence electrons. The van der Waals surface area contributed by atoms with Gasteiger partial charge < -0.3 is 9.84 Å². The third kappa shape index (κ3) is 4.61. The Balaban J connectivity index is 2.44. The number of carboxylic acid groups (broad SMARTS) is 1. The molecule has 0 aliphatic heterocycles. The molecule has 0 fully saturated rings. The summed E-state index contributed by atoms with van der Waals surface area (Å²) in [4.78, 5) is 12.3. The van der Waals surface area contributed by atoms with Gasteiger partial charge in [0.25, 0.3) is 0 Å². The molecule has 32 heavy (non-hydrogen) atoms. The van der Waals surface area contributed by atoms with Crippen LogP contribution in [0.25, 0.3) is 21.9 Å². The zero-order valence-electron chi connectivity index (χ0n) is 18.0. The molecule has 0 saturated carbocycles. The first-order valence-electron chi connectivity index (χ1n) is 9.88. The van der Waals surface area contributed by atoms with Crippen LogP contribution in [-0.2, 0) is 15.7 Å². The zero-order valence-corrected chi connectivity index (χ0v) is 18.0. The Morgan fingerprint density at radius 1 is 1.09 bits per heavy atom. The van der Waals surface area contributed by atoms with E-state index in [-0.39, 0.29) is 11.1 Å². The summed E-state index contributed by atoms with van der Waals surface area (Å²) in [6, 6.07) is 13.7. The molecule has 1 N–H and O–H groups in total. The fraction of sp³-hybridized carbons (Fsp3) is 0.280. The number of nitrogens with zero attached hydrogens (tertiary/aromatic N) is 1. The van der Waals surface area contributed by atoms with Crippen LogP contribution in [0.4, 0.5) is 13.2 Å². The third-order valence-electron chi connectivity index (χ3n) is 4.99. The first kappa shape index (κ1) is 23.3. The van der Waals surface area contributed by atoms with Crippen LogP contribution in [0.1, 0.15) is 49.1 Å². The number of carbonyl (C=O) groups is 1. The van der Waals surface area contributed by atoms with Crippen molar-refractivity contribution in [3.8, 4) is 17.2 Å². The van der Waals surface area contributed by atoms with Gasteiger partial charge in [0.1, 0.15) is 0 Å². The van der Waals surface area contributed by atoms with E-state index in [2.05, 4.69) is 0 Å². The molecule has 0 aromatic heterocycles. The maximum atomic E-state index is 13.2. The van der Waals surface area contributed by atoms with Crippen LogP contribution >= 0.6 is 0 Å². The monoisotopic (exact) mass is 441 g/mol. The lowest BCUT2D eigenvalue weighted by atomic mass is 9.85. The molecule has 3 aromatic rings. The maximum absolute atomic E-state index is 13.2. The summed E-state index contributed by atoms with van der Waals surface area (Å²) in [5, 5.41) is 21.1. The molecule has 0 radical (unpaired) electrons. The number of fused-ring (bicyclic) bond motifs is 1. The fourth-order valence-corrected chi connectivity index (χ4v) is 3.75. The Kier molecular flexibility index (Phi) is 6.03. The van der Waals surface area contributed by atoms with E-state index >= 15 is 0 Å². The second-order valence-electron chi connectivity index (χ2n) is 8.52. The summed E-state index contributed by atoms with van der Waals surface area (Å²) in [5.74, 6) is -1.23. The average molecular weight is 441 g/mol. The van der Waals surface area contributed by atoms with Gasteiger partial charge in [-0.15, -0.1) is 0 Å². The van der Waals surface area contributed by atoms with Crippen LogP contribution in [0, 0.1) is 18.3 Å². The predicted molar refractivity (Wildman–Crippen MR) is 115 cm³/mol. The highest BCUT2D eigenvalue weighted by Crippen LogP contribution is 2.42. The number of alkyl halides is 3. The molecule has 0 aliphatic carbocycles. The summed E-state index contributed by atoms with van der Waals surface area (Å²) in [6.45, 7) is 6.89. The number of carboxylic acids is 1. The molecule has 0 saturated heterocycles. The van der Waals surface area contributed by atoms with Crippen molar-refractivity contribution in [2.75, 3.05) is 0 Å². The topological polar surface area (TPSA) is 70.3 Å². The summed E-state index contributed by atoms with van der Waals surface area (Å²) in [5.41, 5.74) is -0.451. The molecule has 3 aromatic carbocycles. The van der Waals surface area contributed by atoms with Gasteiger partial charge >= 0.3 is 12.1 Å². The first-order valence-corrected chi connectivity index (χ1v) is 9.88. The molecule has 1 atom stereocenters. The van der Waals surface area contributed by atoms with Gasteiger partial charge in [0.2, 0.25) is 0 Å². The van der Waals surface area contributed by atoms with Gasteiger partial charge in [0, 0.05) is 11.1 Å². The minimum absolute atomic E-state index is 0.197. The lowest BCUT2D eigenvalue weighted by molar-refractivity contribution is -0.160. The molecular weight excluding hydrogens is 419 g/mol. The van der Waals surface area contributed by atoms with Crippen molar-refractivity contribution in [2.24, 2.45) is 0 Å². The predicted octanol–water partition coefficient (Wildman–Crippen LogP) is 6.65. The maximum Gasteiger partial charge on any atom is 0.416 e. The molecule has 0 bridgehead atoms. The SMILES string of the molecule is Cc1cc2ccccc2c(-c2ccc(C(F)(F)F)cc2C#N)c1C(OC(C)(C)C)C(=O)O. The molecule has 3 rings (SSSR count). The summed E-state index contributed by atoms with van der Waals surface area (Å²) < 4.78 is 45.6. The van der Waals surface area contributed by atoms with E-state index in [4.69, 9.17) is 4.74 Å². The Bertz CT molecular complexity index is 1230. The molecule has 7 heteroatoms. The van der Waals surface area contributed by atoms with E-state index in [0.29, 0.717) is 22.1 Å². The van der Waals surface area contributed by atoms with Crippen molar-refractivity contribution in [3.63, 3.8) is 0 Å². The van der Waals surface area contributed by atoms with Crippen molar-refractivity contribution in [3.05, 3.63) is 70.8 Å². The minimum Gasteiger partial charge on any atom is -0.479 e. The molecule has 4 nitrogen and oxygen atoms in total. The largest absolute Gasteiger partial charge is 0.479 e. The number of halogens is 3. The lowest BCUT2D eigenvalue weighted by Crippen LogP contribution is -2.28. The number of ether oxygens (including phenoxy) is 1. The first-order chi connectivity index (χ1) is 14.8. The van der Waals surface area contributed by atoms with E-state index in [9.17, 15) is 28.3 Å². The van der Waals surface area contributed by atoms with Crippen LogP contribution in [0.5, 0.6) is 0 Å². The third-order valence-corrected chi connectivity index (χ3v) is 4.99. The van der Waals surface area contributed by atoms with Crippen molar-refractivity contribution in [1.82, 2.24) is 0 Å². The van der Waals surface area contributed by atoms with Gasteiger partial charge in [0.15, 0.2) is 6.10 Å². The quantitative estimate of drug-likeness (QED) is 0.492. The molecule has 0 amide bonds. The number of rotatable bonds is 4. The highest BCUT2D eigenvalue weighted by atomic mass is 19.4. The molecule has 0 heterocycles. The van der Waals surface area contributed by atoms with Gasteiger partial charge in [-0.05, 0) is 61.7 Å². The number of hydrogen-bond donors (Lipinski definition) is 1. The highest BCUT2D eigenvalue weighted by Gasteiger charge is 2.34. The average Bonchev–Trinajstić information content (AvgIpc) is 2.69. The van der Waals surface area contributed by atoms with E-state index in [1.54, 1.807) is 39.8 Å². The molecule has 1 unspecified atom stereocenters. The fourth-order valence-electron chi connectivity index (χ4n) is 3.75. The van der Waals surface area contributed by atoms with E-state index in [0.717, 1.165) is 17.5 Å². The summed E-state index contributed by atoms with van der Waals surface area (Å²) in [6.07, 6.45) is -6.00. The van der Waals surface area contributed by atoms with Crippen molar-refractivity contribution in [2.45, 2.75) is 45.6 Å². The van der Waals surface area contributed by atoms with Crippen molar-refractivity contribution < 1.29 is 27.8 Å². The second kappa shape index (κ2) is 8.29. The highest BCUT2D eigenvalue weighted by molar-refractivity contribution is 6.02. The number of benzene rings is 3. The minimum atomic E-state index is -4.61.